The predicted octanol–water partition coefficient (Wildman–Crippen LogP) is 2.00. The Hall–Kier alpha value is -0.120. The number of rotatable bonds is 2. The topological polar surface area (TPSA) is 37.6 Å². The van der Waals surface area contributed by atoms with Crippen LogP contribution in [-0.4, -0.2) is 38.1 Å². The molecule has 14 heavy (non-hydrogen) atoms. The van der Waals surface area contributed by atoms with E-state index in [1.807, 2.05) is 0 Å². The average Bonchev–Trinajstić information content (AvgIpc) is 3.00. The van der Waals surface area contributed by atoms with Crippen LogP contribution in [0.3, 0.4) is 0 Å². The fourth-order valence-electron chi connectivity index (χ4n) is 0.704. The lowest BCUT2D eigenvalue weighted by atomic mass is 10.4. The molecule has 0 N–H and O–H groups in total. The molecule has 3 rings (SSSR count). The zero-order valence-electron chi connectivity index (χ0n) is 9.49. The van der Waals surface area contributed by atoms with Crippen molar-refractivity contribution in [1.82, 2.24) is 0 Å². The van der Waals surface area contributed by atoms with Gasteiger partial charge in [0.1, 0.15) is 0 Å². The van der Waals surface area contributed by atoms with Crippen molar-refractivity contribution < 1.29 is 14.2 Å². The summed E-state index contributed by atoms with van der Waals surface area (Å²) in [7, 11) is 0. The van der Waals surface area contributed by atoms with Crippen molar-refractivity contribution in [3.05, 3.63) is 0 Å². The number of ether oxygens (including phenoxy) is 3. The predicted molar refractivity (Wildman–Crippen MR) is 55.5 cm³/mol. The number of hydrogen-bond acceptors (Lipinski definition) is 3. The quantitative estimate of drug-likeness (QED) is 0.643. The van der Waals surface area contributed by atoms with Crippen molar-refractivity contribution >= 4 is 0 Å². The molecule has 3 aliphatic rings. The van der Waals surface area contributed by atoms with E-state index >= 15 is 0 Å². The maximum atomic E-state index is 4.86. The molecule has 84 valence electrons. The van der Waals surface area contributed by atoms with E-state index in [1.165, 1.54) is 12.8 Å². The zero-order valence-corrected chi connectivity index (χ0v) is 9.49. The lowest BCUT2D eigenvalue weighted by Gasteiger charge is -1.69. The zero-order chi connectivity index (χ0) is 10.4. The molecule has 3 unspecified atom stereocenters. The second-order valence-electron chi connectivity index (χ2n) is 3.87. The molecule has 3 atom stereocenters. The third kappa shape index (κ3) is 8.48. The Labute approximate surface area is 86.7 Å². The molecule has 0 saturated carbocycles. The maximum absolute atomic E-state index is 4.86. The highest BCUT2D eigenvalue weighted by molar-refractivity contribution is 4.64. The Bertz CT molecular complexity index is 125. The molecular weight excluding hydrogens is 180 g/mol. The van der Waals surface area contributed by atoms with Crippen LogP contribution in [0.2, 0.25) is 0 Å². The van der Waals surface area contributed by atoms with Gasteiger partial charge in [-0.15, -0.1) is 0 Å². The minimum Gasteiger partial charge on any atom is -0.373 e. The molecule has 3 fully saturated rings. The second-order valence-corrected chi connectivity index (χ2v) is 3.87. The van der Waals surface area contributed by atoms with Crippen LogP contribution in [0, 0.1) is 0 Å². The highest BCUT2D eigenvalue weighted by Crippen LogP contribution is 2.11. The van der Waals surface area contributed by atoms with Crippen molar-refractivity contribution in [2.24, 2.45) is 0 Å². The lowest BCUT2D eigenvalue weighted by Crippen LogP contribution is -1.73. The monoisotopic (exact) mass is 202 g/mol. The van der Waals surface area contributed by atoms with E-state index in [0.717, 1.165) is 19.8 Å². The van der Waals surface area contributed by atoms with Gasteiger partial charge in [0.05, 0.1) is 38.1 Å². The van der Waals surface area contributed by atoms with Gasteiger partial charge in [-0.2, -0.15) is 0 Å². The molecule has 0 radical (unpaired) electrons. The molecule has 3 aliphatic heterocycles. The standard InChI is InChI=1S/2C4H8O.C3H6O/c2*1-2-4-3-5-4;1-3-2-4-3/h2*4H,2-3H2,1H3;3H,2H2,1H3. The van der Waals surface area contributed by atoms with Crippen molar-refractivity contribution in [2.45, 2.75) is 51.9 Å². The van der Waals surface area contributed by atoms with Crippen LogP contribution in [0.15, 0.2) is 0 Å². The van der Waals surface area contributed by atoms with E-state index in [9.17, 15) is 0 Å². The summed E-state index contributed by atoms with van der Waals surface area (Å²) in [5.41, 5.74) is 0. The molecule has 0 aromatic carbocycles. The summed E-state index contributed by atoms with van der Waals surface area (Å²) < 4.78 is 14.4. The molecule has 3 heterocycles. The van der Waals surface area contributed by atoms with Gasteiger partial charge in [0, 0.05) is 0 Å². The Morgan fingerprint density at radius 1 is 0.857 bits per heavy atom. The molecule has 0 amide bonds. The van der Waals surface area contributed by atoms with E-state index in [0.29, 0.717) is 18.3 Å². The molecule has 0 bridgehead atoms. The van der Waals surface area contributed by atoms with Crippen molar-refractivity contribution in [2.75, 3.05) is 19.8 Å². The third-order valence-electron chi connectivity index (χ3n) is 2.22. The van der Waals surface area contributed by atoms with Crippen LogP contribution >= 0.6 is 0 Å². The third-order valence-corrected chi connectivity index (χ3v) is 2.22. The number of hydrogen-bond donors (Lipinski definition) is 0. The summed E-state index contributed by atoms with van der Waals surface area (Å²) in [5.74, 6) is 0. The average molecular weight is 202 g/mol. The first-order chi connectivity index (χ1) is 6.76. The van der Waals surface area contributed by atoms with Gasteiger partial charge in [-0.05, 0) is 19.8 Å². The van der Waals surface area contributed by atoms with Crippen molar-refractivity contribution in [3.8, 4) is 0 Å². The summed E-state index contributed by atoms with van der Waals surface area (Å²) >= 11 is 0. The Kier molecular flexibility index (Phi) is 5.45. The van der Waals surface area contributed by atoms with E-state index in [2.05, 4.69) is 20.8 Å². The highest BCUT2D eigenvalue weighted by atomic mass is 16.6. The Morgan fingerprint density at radius 3 is 1.14 bits per heavy atom. The molecule has 0 aromatic heterocycles. The first-order valence-corrected chi connectivity index (χ1v) is 5.61. The van der Waals surface area contributed by atoms with Crippen molar-refractivity contribution in [1.29, 1.82) is 0 Å². The van der Waals surface area contributed by atoms with Crippen LogP contribution in [-0.2, 0) is 14.2 Å². The van der Waals surface area contributed by atoms with E-state index in [-0.39, 0.29) is 0 Å². The smallest absolute Gasteiger partial charge is 0.0807 e. The minimum atomic E-state index is 0.583. The lowest BCUT2D eigenvalue weighted by molar-refractivity contribution is 0.403. The summed E-state index contributed by atoms with van der Waals surface area (Å²) in [5, 5.41) is 0. The van der Waals surface area contributed by atoms with Crippen LogP contribution in [0.25, 0.3) is 0 Å². The Balaban J connectivity index is 0.000000106. The van der Waals surface area contributed by atoms with Crippen LogP contribution in [0.1, 0.15) is 33.6 Å². The van der Waals surface area contributed by atoms with Gasteiger partial charge in [-0.1, -0.05) is 13.8 Å². The van der Waals surface area contributed by atoms with Gasteiger partial charge >= 0.3 is 0 Å². The van der Waals surface area contributed by atoms with Crippen molar-refractivity contribution in [3.63, 3.8) is 0 Å². The Morgan fingerprint density at radius 2 is 1.14 bits per heavy atom. The maximum Gasteiger partial charge on any atom is 0.0807 e. The van der Waals surface area contributed by atoms with Gasteiger partial charge in [0.15, 0.2) is 0 Å². The van der Waals surface area contributed by atoms with Gasteiger partial charge in [-0.25, -0.2) is 0 Å². The summed E-state index contributed by atoms with van der Waals surface area (Å²) in [6, 6.07) is 0. The summed E-state index contributed by atoms with van der Waals surface area (Å²) in [6.07, 6.45) is 4.24. The SMILES string of the molecule is CC1CO1.CCC1CO1.CCC1CO1. The normalized spacial score (nSPS) is 35.8. The largest absolute Gasteiger partial charge is 0.373 e. The second kappa shape index (κ2) is 6.38. The first-order valence-electron chi connectivity index (χ1n) is 5.61. The van der Waals surface area contributed by atoms with Crippen LogP contribution < -0.4 is 0 Å². The first kappa shape index (κ1) is 12.0. The van der Waals surface area contributed by atoms with Gasteiger partial charge in [0.2, 0.25) is 0 Å². The van der Waals surface area contributed by atoms with E-state index in [1.54, 1.807) is 0 Å². The van der Waals surface area contributed by atoms with Gasteiger partial charge in [0.25, 0.3) is 0 Å². The molecule has 0 spiro atoms. The molecule has 3 saturated heterocycles. The fourth-order valence-corrected chi connectivity index (χ4v) is 0.704. The fraction of sp³-hybridized carbons (Fsp3) is 1.00. The van der Waals surface area contributed by atoms with E-state index < -0.39 is 0 Å². The molecule has 0 aromatic rings. The molecular formula is C11H22O3. The highest BCUT2D eigenvalue weighted by Gasteiger charge is 2.18. The van der Waals surface area contributed by atoms with Crippen LogP contribution in [0.4, 0.5) is 0 Å². The van der Waals surface area contributed by atoms with Crippen LogP contribution in [0.5, 0.6) is 0 Å². The molecule has 0 aliphatic carbocycles. The summed E-state index contributed by atoms with van der Waals surface area (Å²) in [4.78, 5) is 0. The molecule has 3 nitrogen and oxygen atoms in total. The molecule has 3 heteroatoms. The van der Waals surface area contributed by atoms with Gasteiger partial charge in [-0.3, -0.25) is 0 Å². The number of epoxide rings is 3. The summed E-state index contributed by atoms with van der Waals surface area (Å²) in [6.45, 7) is 9.34. The minimum absolute atomic E-state index is 0.583. The van der Waals surface area contributed by atoms with E-state index in [4.69, 9.17) is 14.2 Å². The van der Waals surface area contributed by atoms with Gasteiger partial charge < -0.3 is 14.2 Å².